The van der Waals surface area contributed by atoms with Crippen molar-refractivity contribution in [1.82, 2.24) is 14.6 Å². The van der Waals surface area contributed by atoms with E-state index in [1.54, 1.807) is 16.7 Å². The lowest BCUT2D eigenvalue weighted by Gasteiger charge is -2.34. The molecule has 3 rings (SSSR count). The molecule has 0 saturated heterocycles. The minimum Gasteiger partial charge on any atom is -0.366 e. The van der Waals surface area contributed by atoms with Crippen LogP contribution in [0.15, 0.2) is 41.5 Å². The number of unbranched alkanes of at least 4 members (excludes halogenated alkanes) is 1. The molecule has 1 aliphatic rings. The Morgan fingerprint density at radius 3 is 2.88 bits per heavy atom. The Balaban J connectivity index is 2.08. The summed E-state index contributed by atoms with van der Waals surface area (Å²) < 4.78 is 25.3. The van der Waals surface area contributed by atoms with Crippen molar-refractivity contribution in [3.8, 4) is 0 Å². The van der Waals surface area contributed by atoms with E-state index in [4.69, 9.17) is 10.9 Å². The van der Waals surface area contributed by atoms with Crippen LogP contribution in [0.2, 0.25) is 0 Å². The van der Waals surface area contributed by atoms with E-state index in [1.807, 2.05) is 18.3 Å². The highest BCUT2D eigenvalue weighted by Gasteiger charge is 2.35. The molecule has 4 N–H and O–H groups in total. The summed E-state index contributed by atoms with van der Waals surface area (Å²) in [6, 6.07) is 3.80. The van der Waals surface area contributed by atoms with Gasteiger partial charge in [0.25, 0.3) is 0 Å². The highest BCUT2D eigenvalue weighted by Crippen LogP contribution is 2.41. The molecule has 1 aliphatic carbocycles. The molecule has 0 spiro atoms. The number of hydrogen-bond donors (Lipinski definition) is 2. The number of aromatic nitrogens is 3. The second kappa shape index (κ2) is 6.03. The summed E-state index contributed by atoms with van der Waals surface area (Å²) in [5.74, 6) is 0.207. The van der Waals surface area contributed by atoms with E-state index in [-0.39, 0.29) is 10.9 Å². The van der Waals surface area contributed by atoms with Gasteiger partial charge in [-0.05, 0) is 30.5 Å². The Kier molecular flexibility index (Phi) is 4.18. The van der Waals surface area contributed by atoms with Crippen LogP contribution in [0.4, 0.5) is 5.95 Å². The SMILES string of the molecule is CCCCC1(c2ccc3nc(N)nn3c2)C=CC=C(S(N)(=O)=O)C1. The predicted molar refractivity (Wildman–Crippen MR) is 93.5 cm³/mol. The first kappa shape index (κ1) is 16.7. The van der Waals surface area contributed by atoms with Crippen molar-refractivity contribution in [3.63, 3.8) is 0 Å². The van der Waals surface area contributed by atoms with E-state index in [2.05, 4.69) is 23.1 Å². The van der Waals surface area contributed by atoms with Crippen molar-refractivity contribution in [2.45, 2.75) is 38.0 Å². The van der Waals surface area contributed by atoms with Gasteiger partial charge in [0, 0.05) is 11.6 Å². The van der Waals surface area contributed by atoms with Gasteiger partial charge in [-0.1, -0.05) is 38.0 Å². The second-order valence-electron chi connectivity index (χ2n) is 6.16. The topological polar surface area (TPSA) is 116 Å². The van der Waals surface area contributed by atoms with Crippen LogP contribution >= 0.6 is 0 Å². The molecular formula is C16H21N5O2S. The van der Waals surface area contributed by atoms with Crippen molar-refractivity contribution < 1.29 is 8.42 Å². The number of hydrogen-bond acceptors (Lipinski definition) is 5. The van der Waals surface area contributed by atoms with Gasteiger partial charge in [-0.2, -0.15) is 4.98 Å². The molecule has 2 heterocycles. The molecule has 1 unspecified atom stereocenters. The van der Waals surface area contributed by atoms with Crippen molar-refractivity contribution >= 4 is 21.6 Å². The molecule has 8 heteroatoms. The van der Waals surface area contributed by atoms with Crippen LogP contribution < -0.4 is 10.9 Å². The van der Waals surface area contributed by atoms with E-state index < -0.39 is 15.4 Å². The lowest BCUT2D eigenvalue weighted by molar-refractivity contribution is 0.461. The molecule has 1 atom stereocenters. The number of nitrogens with zero attached hydrogens (tertiary/aromatic N) is 3. The van der Waals surface area contributed by atoms with Gasteiger partial charge in [0.05, 0.1) is 4.91 Å². The molecule has 0 bridgehead atoms. The smallest absolute Gasteiger partial charge is 0.240 e. The summed E-state index contributed by atoms with van der Waals surface area (Å²) >= 11 is 0. The van der Waals surface area contributed by atoms with Crippen molar-refractivity contribution in [1.29, 1.82) is 0 Å². The lowest BCUT2D eigenvalue weighted by atomic mass is 9.72. The summed E-state index contributed by atoms with van der Waals surface area (Å²) in [5, 5.41) is 9.51. The second-order valence-corrected chi connectivity index (χ2v) is 7.78. The van der Waals surface area contributed by atoms with E-state index in [0.29, 0.717) is 12.1 Å². The Morgan fingerprint density at radius 2 is 2.17 bits per heavy atom. The third kappa shape index (κ3) is 3.07. The van der Waals surface area contributed by atoms with Crippen molar-refractivity contribution in [2.24, 2.45) is 5.14 Å². The van der Waals surface area contributed by atoms with E-state index in [1.165, 1.54) is 0 Å². The number of pyridine rings is 1. The van der Waals surface area contributed by atoms with Gasteiger partial charge in [-0.25, -0.2) is 18.1 Å². The quantitative estimate of drug-likeness (QED) is 0.856. The molecule has 128 valence electrons. The van der Waals surface area contributed by atoms with E-state index in [0.717, 1.165) is 24.8 Å². The van der Waals surface area contributed by atoms with Gasteiger partial charge in [-0.3, -0.25) is 0 Å². The van der Waals surface area contributed by atoms with Gasteiger partial charge in [0.15, 0.2) is 5.65 Å². The van der Waals surface area contributed by atoms with Gasteiger partial charge >= 0.3 is 0 Å². The van der Waals surface area contributed by atoms with Gasteiger partial charge < -0.3 is 5.73 Å². The highest BCUT2D eigenvalue weighted by atomic mass is 32.2. The normalized spacial score (nSPS) is 21.2. The third-order valence-corrected chi connectivity index (χ3v) is 5.46. The molecule has 0 fully saturated rings. The molecule has 0 saturated carbocycles. The fraction of sp³-hybridized carbons (Fsp3) is 0.375. The van der Waals surface area contributed by atoms with Gasteiger partial charge in [-0.15, -0.1) is 5.10 Å². The van der Waals surface area contributed by atoms with E-state index in [9.17, 15) is 8.42 Å². The predicted octanol–water partition coefficient (Wildman–Crippen LogP) is 1.87. The first-order valence-electron chi connectivity index (χ1n) is 7.88. The lowest BCUT2D eigenvalue weighted by Crippen LogP contribution is -2.30. The number of nitrogens with two attached hydrogens (primary N) is 2. The molecule has 0 aliphatic heterocycles. The molecule has 2 aromatic rings. The minimum absolute atomic E-state index is 0.207. The average molecular weight is 347 g/mol. The number of anilines is 1. The first-order valence-corrected chi connectivity index (χ1v) is 9.42. The zero-order valence-electron chi connectivity index (χ0n) is 13.5. The number of fused-ring (bicyclic) bond motifs is 1. The maximum absolute atomic E-state index is 11.8. The fourth-order valence-electron chi connectivity index (χ4n) is 3.17. The molecular weight excluding hydrogens is 326 g/mol. The summed E-state index contributed by atoms with van der Waals surface area (Å²) in [6.45, 7) is 2.11. The Morgan fingerprint density at radius 1 is 1.38 bits per heavy atom. The Bertz CT molecular complexity index is 929. The van der Waals surface area contributed by atoms with Gasteiger partial charge in [0.2, 0.25) is 16.0 Å². The molecule has 7 nitrogen and oxygen atoms in total. The fourth-order valence-corrected chi connectivity index (χ4v) is 3.89. The molecule has 0 aromatic carbocycles. The summed E-state index contributed by atoms with van der Waals surface area (Å²) in [4.78, 5) is 4.37. The number of primary sulfonamides is 1. The maximum Gasteiger partial charge on any atom is 0.240 e. The molecule has 0 radical (unpaired) electrons. The molecule has 0 amide bonds. The summed E-state index contributed by atoms with van der Waals surface area (Å²) in [7, 11) is -3.71. The zero-order valence-corrected chi connectivity index (χ0v) is 14.3. The number of rotatable bonds is 5. The number of allylic oxidation sites excluding steroid dienone is 4. The van der Waals surface area contributed by atoms with Crippen LogP contribution in [-0.4, -0.2) is 23.0 Å². The standard InChI is InChI=1S/C16H21N5O2S/c1-2-3-8-16(9-4-5-13(10-16)24(18,22)23)12-6-7-14-19-15(17)20-21(14)11-12/h4-7,9,11H,2-3,8,10H2,1H3,(H2,17,20)(H2,18,22,23). The molecule has 24 heavy (non-hydrogen) atoms. The van der Waals surface area contributed by atoms with Gasteiger partial charge in [0.1, 0.15) is 0 Å². The van der Waals surface area contributed by atoms with Crippen LogP contribution in [0.5, 0.6) is 0 Å². The number of nitrogen functional groups attached to an aromatic ring is 1. The van der Waals surface area contributed by atoms with E-state index >= 15 is 0 Å². The third-order valence-electron chi connectivity index (χ3n) is 4.45. The molecule has 2 aromatic heterocycles. The van der Waals surface area contributed by atoms with Crippen LogP contribution in [0.3, 0.4) is 0 Å². The van der Waals surface area contributed by atoms with Crippen molar-refractivity contribution in [2.75, 3.05) is 5.73 Å². The largest absolute Gasteiger partial charge is 0.366 e. The van der Waals surface area contributed by atoms with Crippen LogP contribution in [-0.2, 0) is 15.4 Å². The Hall–Kier alpha value is -2.19. The zero-order chi connectivity index (χ0) is 17.4. The Labute approximate surface area is 141 Å². The highest BCUT2D eigenvalue weighted by molar-refractivity contribution is 7.93. The first-order chi connectivity index (χ1) is 11.3. The van der Waals surface area contributed by atoms with Crippen LogP contribution in [0.1, 0.15) is 38.2 Å². The van der Waals surface area contributed by atoms with Crippen molar-refractivity contribution in [3.05, 3.63) is 47.0 Å². The summed E-state index contributed by atoms with van der Waals surface area (Å²) in [6.07, 6.45) is 10.4. The van der Waals surface area contributed by atoms with Crippen LogP contribution in [0, 0.1) is 0 Å². The average Bonchev–Trinajstić information content (AvgIpc) is 2.91. The maximum atomic E-state index is 11.8. The monoisotopic (exact) mass is 347 g/mol. The summed E-state index contributed by atoms with van der Waals surface area (Å²) in [5.41, 5.74) is 6.85. The minimum atomic E-state index is -3.71. The number of sulfonamides is 1. The van der Waals surface area contributed by atoms with Crippen LogP contribution in [0.25, 0.3) is 5.65 Å².